The van der Waals surface area contributed by atoms with Crippen molar-refractivity contribution in [1.29, 1.82) is 0 Å². The van der Waals surface area contributed by atoms with Crippen molar-refractivity contribution in [3.63, 3.8) is 0 Å². The summed E-state index contributed by atoms with van der Waals surface area (Å²) in [5, 5.41) is 0. The predicted octanol–water partition coefficient (Wildman–Crippen LogP) is 18.1. The van der Waals surface area contributed by atoms with Gasteiger partial charge in [-0.05, 0) is 44.9 Å². The monoisotopic (exact) mass is 885 g/mol. The van der Waals surface area contributed by atoms with E-state index in [0.717, 1.165) is 64.2 Å². The van der Waals surface area contributed by atoms with Crippen LogP contribution in [0.4, 0.5) is 0 Å². The van der Waals surface area contributed by atoms with Gasteiger partial charge in [0.2, 0.25) is 0 Å². The summed E-state index contributed by atoms with van der Waals surface area (Å²) in [5.41, 5.74) is 0. The molecule has 0 amide bonds. The Morgan fingerprint density at radius 3 is 0.968 bits per heavy atom. The Balaban J connectivity index is 4.32. The van der Waals surface area contributed by atoms with Gasteiger partial charge in [0.25, 0.3) is 0 Å². The smallest absolute Gasteiger partial charge is 0.306 e. The molecule has 0 spiro atoms. The molecular weight excluding hydrogens is 781 g/mol. The molecule has 0 saturated carbocycles. The van der Waals surface area contributed by atoms with Crippen LogP contribution in [0.1, 0.15) is 290 Å². The Bertz CT molecular complexity index is 1060. The summed E-state index contributed by atoms with van der Waals surface area (Å²) in [6.45, 7) is 6.52. The number of esters is 3. The molecule has 0 aromatic carbocycles. The number of rotatable bonds is 50. The zero-order valence-electron chi connectivity index (χ0n) is 42.1. The summed E-state index contributed by atoms with van der Waals surface area (Å²) >= 11 is 0. The first kappa shape index (κ1) is 60.6. The third kappa shape index (κ3) is 50.5. The van der Waals surface area contributed by atoms with E-state index in [1.807, 2.05) is 0 Å². The molecule has 0 rings (SSSR count). The van der Waals surface area contributed by atoms with Crippen molar-refractivity contribution in [2.75, 3.05) is 13.2 Å². The highest BCUT2D eigenvalue weighted by Crippen LogP contribution is 2.17. The fourth-order valence-corrected chi connectivity index (χ4v) is 8.06. The van der Waals surface area contributed by atoms with Crippen molar-refractivity contribution in [2.24, 2.45) is 0 Å². The number of hydrogen-bond donors (Lipinski definition) is 0. The minimum absolute atomic E-state index is 0.0830. The van der Waals surface area contributed by atoms with Crippen LogP contribution in [0, 0.1) is 0 Å². The topological polar surface area (TPSA) is 78.9 Å². The predicted molar refractivity (Wildman–Crippen MR) is 270 cm³/mol. The average molecular weight is 885 g/mol. The van der Waals surface area contributed by atoms with E-state index in [0.29, 0.717) is 25.7 Å². The lowest BCUT2D eigenvalue weighted by Crippen LogP contribution is -2.30. The maximum Gasteiger partial charge on any atom is 0.306 e. The van der Waals surface area contributed by atoms with Gasteiger partial charge in [-0.3, -0.25) is 14.4 Å². The summed E-state index contributed by atoms with van der Waals surface area (Å²) in [4.78, 5) is 38.0. The van der Waals surface area contributed by atoms with Gasteiger partial charge in [-0.2, -0.15) is 0 Å². The molecule has 63 heavy (non-hydrogen) atoms. The summed E-state index contributed by atoms with van der Waals surface area (Å²) in [6, 6.07) is 0. The molecule has 368 valence electrons. The van der Waals surface area contributed by atoms with E-state index in [9.17, 15) is 14.4 Å². The molecule has 6 nitrogen and oxygen atoms in total. The van der Waals surface area contributed by atoms with E-state index in [2.05, 4.69) is 57.2 Å². The van der Waals surface area contributed by atoms with Crippen LogP contribution in [0.15, 0.2) is 36.5 Å². The normalized spacial score (nSPS) is 12.2. The summed E-state index contributed by atoms with van der Waals surface area (Å²) in [5.74, 6) is -0.924. The maximum absolute atomic E-state index is 12.8. The van der Waals surface area contributed by atoms with Crippen LogP contribution in [-0.4, -0.2) is 37.2 Å². The van der Waals surface area contributed by atoms with Crippen molar-refractivity contribution in [3.8, 4) is 0 Å². The Morgan fingerprint density at radius 2 is 0.619 bits per heavy atom. The minimum Gasteiger partial charge on any atom is -0.462 e. The first-order valence-corrected chi connectivity index (χ1v) is 27.5. The van der Waals surface area contributed by atoms with E-state index < -0.39 is 6.10 Å². The second kappa shape index (κ2) is 52.3. The molecular formula is C57H104O6. The molecule has 0 N–H and O–H groups in total. The second-order valence-electron chi connectivity index (χ2n) is 18.5. The van der Waals surface area contributed by atoms with Crippen molar-refractivity contribution in [2.45, 2.75) is 297 Å². The Hall–Kier alpha value is -2.37. The van der Waals surface area contributed by atoms with E-state index in [4.69, 9.17) is 14.2 Å². The third-order valence-corrected chi connectivity index (χ3v) is 12.2. The molecule has 1 atom stereocenters. The molecule has 0 aliphatic heterocycles. The van der Waals surface area contributed by atoms with E-state index >= 15 is 0 Å². The highest BCUT2D eigenvalue weighted by Gasteiger charge is 2.19. The number of allylic oxidation sites excluding steroid dienone is 6. The van der Waals surface area contributed by atoms with Crippen LogP contribution >= 0.6 is 0 Å². The zero-order valence-corrected chi connectivity index (χ0v) is 42.1. The van der Waals surface area contributed by atoms with Gasteiger partial charge in [-0.1, -0.05) is 263 Å². The van der Waals surface area contributed by atoms with Crippen LogP contribution in [0.2, 0.25) is 0 Å². The molecule has 0 aliphatic carbocycles. The lowest BCUT2D eigenvalue weighted by atomic mass is 10.0. The fourth-order valence-electron chi connectivity index (χ4n) is 8.06. The maximum atomic E-state index is 12.8. The second-order valence-corrected chi connectivity index (χ2v) is 18.5. The number of unbranched alkanes of at least 4 members (excludes halogenated alkanes) is 33. The fraction of sp³-hybridized carbons (Fsp3) is 0.842. The Morgan fingerprint density at radius 1 is 0.333 bits per heavy atom. The van der Waals surface area contributed by atoms with Gasteiger partial charge in [0, 0.05) is 19.3 Å². The lowest BCUT2D eigenvalue weighted by Gasteiger charge is -2.18. The van der Waals surface area contributed by atoms with Crippen molar-refractivity contribution >= 4 is 17.9 Å². The molecule has 0 aromatic rings. The molecule has 0 radical (unpaired) electrons. The van der Waals surface area contributed by atoms with Crippen molar-refractivity contribution in [1.82, 2.24) is 0 Å². The molecule has 6 heteroatoms. The first-order chi connectivity index (χ1) is 31.0. The Kier molecular flexibility index (Phi) is 50.3. The minimum atomic E-state index is -0.786. The molecule has 0 saturated heterocycles. The van der Waals surface area contributed by atoms with Gasteiger partial charge < -0.3 is 14.2 Å². The van der Waals surface area contributed by atoms with E-state index in [-0.39, 0.29) is 31.1 Å². The molecule has 0 bridgehead atoms. The number of ether oxygens (including phenoxy) is 3. The van der Waals surface area contributed by atoms with E-state index in [1.54, 1.807) is 0 Å². The van der Waals surface area contributed by atoms with Crippen LogP contribution < -0.4 is 0 Å². The third-order valence-electron chi connectivity index (χ3n) is 12.2. The van der Waals surface area contributed by atoms with Crippen LogP contribution in [0.25, 0.3) is 0 Å². The molecule has 0 aromatic heterocycles. The Labute approximate surface area is 391 Å². The molecule has 1 unspecified atom stereocenters. The quantitative estimate of drug-likeness (QED) is 0.0262. The number of carbonyl (C=O) groups excluding carboxylic acids is 3. The van der Waals surface area contributed by atoms with Gasteiger partial charge in [0.1, 0.15) is 13.2 Å². The van der Waals surface area contributed by atoms with Crippen LogP contribution in [0.5, 0.6) is 0 Å². The lowest BCUT2D eigenvalue weighted by molar-refractivity contribution is -0.167. The molecule has 0 heterocycles. The first-order valence-electron chi connectivity index (χ1n) is 27.5. The standard InChI is InChI=1S/C57H104O6/c1-4-7-10-13-16-19-22-24-26-28-29-31-32-35-38-41-44-47-50-56(59)62-53-54(52-61-55(58)49-46-43-40-37-34-21-18-15-12-9-6-3)63-57(60)51-48-45-42-39-36-33-30-27-25-23-20-17-14-11-8-5-2/h9,12,18,21,37,40,54H,4-8,10-11,13-17,19-20,22-36,38-39,41-53H2,1-3H3/b12-9-,21-18-,40-37-. The zero-order chi connectivity index (χ0) is 45.8. The number of hydrogen-bond acceptors (Lipinski definition) is 6. The van der Waals surface area contributed by atoms with Gasteiger partial charge in [0.05, 0.1) is 0 Å². The number of carbonyl (C=O) groups is 3. The summed E-state index contributed by atoms with van der Waals surface area (Å²) in [6.07, 6.45) is 61.5. The summed E-state index contributed by atoms with van der Waals surface area (Å²) < 4.78 is 16.8. The average Bonchev–Trinajstić information content (AvgIpc) is 3.28. The SMILES string of the molecule is CC/C=C\C/C=C\C/C=C\CCCC(=O)OCC(COC(=O)CCCCCCCCCCCCCCCCCCCC)OC(=O)CCCCCCCCCCCCCCCCCC. The van der Waals surface area contributed by atoms with Gasteiger partial charge in [-0.15, -0.1) is 0 Å². The van der Waals surface area contributed by atoms with Crippen molar-refractivity contribution < 1.29 is 28.6 Å². The van der Waals surface area contributed by atoms with Crippen LogP contribution in [-0.2, 0) is 28.6 Å². The van der Waals surface area contributed by atoms with Gasteiger partial charge in [-0.25, -0.2) is 0 Å². The highest BCUT2D eigenvalue weighted by molar-refractivity contribution is 5.71. The van der Waals surface area contributed by atoms with Gasteiger partial charge in [0.15, 0.2) is 6.10 Å². The van der Waals surface area contributed by atoms with Crippen molar-refractivity contribution in [3.05, 3.63) is 36.5 Å². The van der Waals surface area contributed by atoms with Gasteiger partial charge >= 0.3 is 17.9 Å². The molecule has 0 aliphatic rings. The van der Waals surface area contributed by atoms with Crippen LogP contribution in [0.3, 0.4) is 0 Å². The largest absolute Gasteiger partial charge is 0.462 e. The summed E-state index contributed by atoms with van der Waals surface area (Å²) in [7, 11) is 0. The van der Waals surface area contributed by atoms with E-state index in [1.165, 1.54) is 180 Å². The highest BCUT2D eigenvalue weighted by atomic mass is 16.6. The molecule has 0 fully saturated rings.